The second-order valence-electron chi connectivity index (χ2n) is 3.57. The van der Waals surface area contributed by atoms with Crippen molar-refractivity contribution in [1.29, 1.82) is 0 Å². The number of carbonyl (C=O) groups excluding carboxylic acids is 1. The van der Waals surface area contributed by atoms with Crippen LogP contribution in [-0.2, 0) is 0 Å². The fraction of sp³-hybridized carbons (Fsp3) is 0.0714. The van der Waals surface area contributed by atoms with Crippen LogP contribution in [0.1, 0.15) is 10.4 Å². The van der Waals surface area contributed by atoms with Crippen LogP contribution in [0.3, 0.4) is 0 Å². The number of halogens is 3. The number of hydrogen-bond acceptors (Lipinski definition) is 2. The number of para-hydroxylation sites is 1. The van der Waals surface area contributed by atoms with E-state index in [0.717, 1.165) is 0 Å². The number of benzene rings is 2. The van der Waals surface area contributed by atoms with Crippen LogP contribution in [0.15, 0.2) is 60.7 Å². The highest BCUT2D eigenvalue weighted by molar-refractivity contribution is 6.63. The zero-order valence-corrected chi connectivity index (χ0v) is 12.6. The van der Waals surface area contributed by atoms with E-state index in [2.05, 4.69) is 0 Å². The van der Waals surface area contributed by atoms with Crippen molar-refractivity contribution in [1.82, 2.24) is 0 Å². The van der Waals surface area contributed by atoms with E-state index in [1.54, 1.807) is 48.5 Å². The maximum atomic E-state index is 11.8. The van der Waals surface area contributed by atoms with E-state index in [4.69, 9.17) is 34.8 Å². The monoisotopic (exact) mass is 331 g/mol. The third-order valence-corrected chi connectivity index (χ3v) is 2.21. The highest BCUT2D eigenvalue weighted by atomic mass is 35.6. The summed E-state index contributed by atoms with van der Waals surface area (Å²) in [5.74, 6) is -0.438. The van der Waals surface area contributed by atoms with Crippen LogP contribution >= 0.6 is 34.8 Å². The maximum Gasteiger partial charge on any atom is 0.281 e. The highest BCUT2D eigenvalue weighted by Crippen LogP contribution is 2.14. The normalized spacial score (nSPS) is 9.65. The second kappa shape index (κ2) is 8.82. The smallest absolute Gasteiger partial charge is 0.281 e. The number of nitrogens with zero attached hydrogens (tertiary/aromatic N) is 1. The molecule has 6 heteroatoms. The van der Waals surface area contributed by atoms with Crippen LogP contribution in [0.2, 0.25) is 0 Å². The zero-order chi connectivity index (χ0) is 15.0. The Morgan fingerprint density at radius 1 is 0.900 bits per heavy atom. The summed E-state index contributed by atoms with van der Waals surface area (Å²) in [6.45, 7) is 0. The van der Waals surface area contributed by atoms with Crippen LogP contribution in [0, 0.1) is 0 Å². The number of hydrogen-bond donors (Lipinski definition) is 1. The van der Waals surface area contributed by atoms with E-state index in [0.29, 0.717) is 16.3 Å². The van der Waals surface area contributed by atoms with E-state index in [9.17, 15) is 10.0 Å². The fourth-order valence-electron chi connectivity index (χ4n) is 1.39. The summed E-state index contributed by atoms with van der Waals surface area (Å²) >= 11 is 14.4. The van der Waals surface area contributed by atoms with Crippen molar-refractivity contribution in [2.45, 2.75) is 4.30 Å². The summed E-state index contributed by atoms with van der Waals surface area (Å²) in [6, 6.07) is 17.3. The molecule has 0 unspecified atom stereocenters. The molecule has 106 valence electrons. The first kappa shape index (κ1) is 16.8. The summed E-state index contributed by atoms with van der Waals surface area (Å²) in [4.78, 5) is 11.8. The topological polar surface area (TPSA) is 40.5 Å². The molecule has 2 aromatic rings. The average molecular weight is 333 g/mol. The number of carbonyl (C=O) groups is 1. The third kappa shape index (κ3) is 5.80. The largest absolute Gasteiger partial charge is 0.281 e. The highest BCUT2D eigenvalue weighted by Gasteiger charge is 2.14. The number of amides is 1. The van der Waals surface area contributed by atoms with Gasteiger partial charge in [0.25, 0.3) is 5.91 Å². The fourth-order valence-corrected chi connectivity index (χ4v) is 1.39. The quantitative estimate of drug-likeness (QED) is 0.491. The molecule has 0 atom stereocenters. The molecule has 2 aromatic carbocycles. The first-order chi connectivity index (χ1) is 9.52. The Morgan fingerprint density at radius 3 is 1.75 bits per heavy atom. The molecule has 0 aliphatic carbocycles. The second-order valence-corrected chi connectivity index (χ2v) is 5.55. The Balaban J connectivity index is 0.000000444. The minimum atomic E-state index is -0.750. The van der Waals surface area contributed by atoms with E-state index in [1.165, 1.54) is 0 Å². The molecule has 1 amide bonds. The molecule has 3 nitrogen and oxygen atoms in total. The van der Waals surface area contributed by atoms with Gasteiger partial charge in [0.05, 0.1) is 5.69 Å². The first-order valence-electron chi connectivity index (χ1n) is 5.58. The van der Waals surface area contributed by atoms with Gasteiger partial charge in [-0.1, -0.05) is 71.2 Å². The minimum Gasteiger partial charge on any atom is -0.281 e. The summed E-state index contributed by atoms with van der Waals surface area (Å²) < 4.78 is -0.750. The van der Waals surface area contributed by atoms with Crippen LogP contribution in [0.4, 0.5) is 5.69 Å². The number of hydroxylamine groups is 1. The lowest BCUT2D eigenvalue weighted by molar-refractivity contribution is 0.0855. The van der Waals surface area contributed by atoms with E-state index >= 15 is 0 Å². The molecule has 0 heterocycles. The van der Waals surface area contributed by atoms with Crippen molar-refractivity contribution >= 4 is 46.4 Å². The van der Waals surface area contributed by atoms with Crippen LogP contribution in [0.25, 0.3) is 0 Å². The van der Waals surface area contributed by atoms with E-state index < -0.39 is 10.2 Å². The van der Waals surface area contributed by atoms with E-state index in [-0.39, 0.29) is 0 Å². The van der Waals surface area contributed by atoms with Crippen LogP contribution in [0.5, 0.6) is 0 Å². The van der Waals surface area contributed by atoms with Gasteiger partial charge in [-0.15, -0.1) is 0 Å². The van der Waals surface area contributed by atoms with Crippen LogP contribution < -0.4 is 5.06 Å². The molecule has 1 N–H and O–H groups in total. The Bertz CT molecular complexity index is 518. The molecular formula is C14H12Cl3NO2. The minimum absolute atomic E-state index is 0.438. The number of alkyl halides is 3. The van der Waals surface area contributed by atoms with Gasteiger partial charge in [0.15, 0.2) is 4.30 Å². The summed E-state index contributed by atoms with van der Waals surface area (Å²) in [7, 11) is 0. The predicted octanol–water partition coefficient (Wildman–Crippen LogP) is 4.71. The van der Waals surface area contributed by atoms with Crippen molar-refractivity contribution < 1.29 is 10.0 Å². The van der Waals surface area contributed by atoms with Gasteiger partial charge < -0.3 is 0 Å². The number of rotatable bonds is 2. The summed E-state index contributed by atoms with van der Waals surface area (Å²) in [5.41, 5.74) is 0.908. The van der Waals surface area contributed by atoms with Gasteiger partial charge in [-0.3, -0.25) is 10.0 Å². The Labute approximate surface area is 132 Å². The van der Waals surface area contributed by atoms with Gasteiger partial charge in [0.2, 0.25) is 0 Å². The van der Waals surface area contributed by atoms with Gasteiger partial charge in [-0.25, -0.2) is 0 Å². The molecule has 0 aliphatic heterocycles. The number of anilines is 1. The summed E-state index contributed by atoms with van der Waals surface area (Å²) in [5, 5.41) is 10.4. The lowest BCUT2D eigenvalue weighted by Gasteiger charge is -2.14. The molecular weight excluding hydrogens is 321 g/mol. The van der Waals surface area contributed by atoms with Gasteiger partial charge in [0.1, 0.15) is 0 Å². The summed E-state index contributed by atoms with van der Waals surface area (Å²) in [6.07, 6.45) is 0. The Morgan fingerprint density at radius 2 is 1.30 bits per heavy atom. The lowest BCUT2D eigenvalue weighted by Crippen LogP contribution is -2.26. The molecule has 0 fully saturated rings. The van der Waals surface area contributed by atoms with Gasteiger partial charge in [-0.2, -0.15) is 5.06 Å². The predicted molar refractivity (Wildman–Crippen MR) is 82.8 cm³/mol. The van der Waals surface area contributed by atoms with Crippen molar-refractivity contribution in [3.63, 3.8) is 0 Å². The SMILES string of the molecule is ClC(Cl)Cl.O=C(c1ccccc1)N(O)c1ccccc1. The zero-order valence-electron chi connectivity index (χ0n) is 10.3. The van der Waals surface area contributed by atoms with Gasteiger partial charge in [0, 0.05) is 5.56 Å². The molecule has 0 radical (unpaired) electrons. The third-order valence-electron chi connectivity index (χ3n) is 2.21. The Kier molecular flexibility index (Phi) is 7.41. The molecule has 0 saturated carbocycles. The lowest BCUT2D eigenvalue weighted by atomic mass is 10.2. The standard InChI is InChI=1S/C13H11NO2.CHCl3/c15-13(11-7-3-1-4-8-11)14(16)12-9-5-2-6-10-12;2-1(3)4/h1-10,16H;1H. The molecule has 2 rings (SSSR count). The van der Waals surface area contributed by atoms with Gasteiger partial charge in [-0.05, 0) is 24.3 Å². The van der Waals surface area contributed by atoms with Crippen molar-refractivity contribution in [3.05, 3.63) is 66.2 Å². The average Bonchev–Trinajstić information content (AvgIpc) is 2.47. The Hall–Kier alpha value is -1.26. The van der Waals surface area contributed by atoms with Crippen molar-refractivity contribution in [3.8, 4) is 0 Å². The van der Waals surface area contributed by atoms with E-state index in [1.807, 2.05) is 12.1 Å². The molecule has 0 aromatic heterocycles. The molecule has 20 heavy (non-hydrogen) atoms. The maximum absolute atomic E-state index is 11.8. The van der Waals surface area contributed by atoms with Gasteiger partial charge >= 0.3 is 0 Å². The first-order valence-corrected chi connectivity index (χ1v) is 6.89. The molecule has 0 saturated heterocycles. The van der Waals surface area contributed by atoms with Crippen molar-refractivity contribution in [2.75, 3.05) is 5.06 Å². The molecule has 0 spiro atoms. The molecule has 0 aliphatic rings. The van der Waals surface area contributed by atoms with Crippen LogP contribution in [-0.4, -0.2) is 15.4 Å². The molecule has 0 bridgehead atoms. The van der Waals surface area contributed by atoms with Crippen molar-refractivity contribution in [2.24, 2.45) is 0 Å².